The lowest BCUT2D eigenvalue weighted by atomic mass is 10.1. The maximum absolute atomic E-state index is 5.70. The first-order chi connectivity index (χ1) is 7.70. The predicted molar refractivity (Wildman–Crippen MR) is 65.5 cm³/mol. The Morgan fingerprint density at radius 1 is 1.56 bits per heavy atom. The lowest BCUT2D eigenvalue weighted by Crippen LogP contribution is -2.26. The molecule has 2 atom stereocenters. The molecule has 2 rings (SSSR count). The van der Waals surface area contributed by atoms with Gasteiger partial charge in [-0.05, 0) is 58.5 Å². The van der Waals surface area contributed by atoms with Crippen molar-refractivity contribution in [1.82, 2.24) is 10.2 Å². The molecule has 0 bridgehead atoms. The SMILES string of the molecule is CNCC1CCN(C(C)c2ccc(C)o2)C1. The van der Waals surface area contributed by atoms with Crippen LogP contribution in [-0.4, -0.2) is 31.6 Å². The normalized spacial score (nSPS) is 23.8. The largest absolute Gasteiger partial charge is 0.465 e. The molecule has 1 fully saturated rings. The lowest BCUT2D eigenvalue weighted by Gasteiger charge is -2.22. The Labute approximate surface area is 97.8 Å². The first kappa shape index (κ1) is 11.7. The van der Waals surface area contributed by atoms with E-state index in [1.807, 2.05) is 20.0 Å². The van der Waals surface area contributed by atoms with Crippen molar-refractivity contribution in [2.45, 2.75) is 26.3 Å². The third kappa shape index (κ3) is 2.47. The second kappa shape index (κ2) is 5.02. The van der Waals surface area contributed by atoms with Crippen LogP contribution in [0, 0.1) is 12.8 Å². The first-order valence-corrected chi connectivity index (χ1v) is 6.15. The van der Waals surface area contributed by atoms with E-state index in [1.165, 1.54) is 19.5 Å². The monoisotopic (exact) mass is 222 g/mol. The molecule has 2 unspecified atom stereocenters. The molecular formula is C13H22N2O. The minimum absolute atomic E-state index is 0.413. The number of rotatable bonds is 4. The average molecular weight is 222 g/mol. The summed E-state index contributed by atoms with van der Waals surface area (Å²) >= 11 is 0. The zero-order chi connectivity index (χ0) is 11.5. The fourth-order valence-corrected chi connectivity index (χ4v) is 2.53. The Hall–Kier alpha value is -0.800. The van der Waals surface area contributed by atoms with Crippen molar-refractivity contribution in [3.8, 4) is 0 Å². The molecule has 3 nitrogen and oxygen atoms in total. The Balaban J connectivity index is 1.94. The van der Waals surface area contributed by atoms with Crippen LogP contribution in [0.15, 0.2) is 16.5 Å². The van der Waals surface area contributed by atoms with E-state index in [-0.39, 0.29) is 0 Å². The van der Waals surface area contributed by atoms with Crippen LogP contribution in [0.5, 0.6) is 0 Å². The van der Waals surface area contributed by atoms with Crippen molar-refractivity contribution in [3.63, 3.8) is 0 Å². The molecule has 0 spiro atoms. The molecule has 1 saturated heterocycles. The van der Waals surface area contributed by atoms with Gasteiger partial charge in [0.05, 0.1) is 6.04 Å². The van der Waals surface area contributed by atoms with Gasteiger partial charge >= 0.3 is 0 Å². The zero-order valence-electron chi connectivity index (χ0n) is 10.5. The van der Waals surface area contributed by atoms with E-state index in [1.54, 1.807) is 0 Å². The van der Waals surface area contributed by atoms with E-state index < -0.39 is 0 Å². The Kier molecular flexibility index (Phi) is 3.66. The van der Waals surface area contributed by atoms with Gasteiger partial charge in [0.25, 0.3) is 0 Å². The summed E-state index contributed by atoms with van der Waals surface area (Å²) in [7, 11) is 2.03. The highest BCUT2D eigenvalue weighted by molar-refractivity contribution is 5.09. The molecular weight excluding hydrogens is 200 g/mol. The predicted octanol–water partition coefficient (Wildman–Crippen LogP) is 2.19. The fourth-order valence-electron chi connectivity index (χ4n) is 2.53. The minimum Gasteiger partial charge on any atom is -0.465 e. The minimum atomic E-state index is 0.413. The van der Waals surface area contributed by atoms with Crippen molar-refractivity contribution < 1.29 is 4.42 Å². The smallest absolute Gasteiger partial charge is 0.121 e. The van der Waals surface area contributed by atoms with E-state index in [4.69, 9.17) is 4.42 Å². The van der Waals surface area contributed by atoms with Crippen LogP contribution in [0.25, 0.3) is 0 Å². The molecule has 0 aliphatic carbocycles. The molecule has 0 amide bonds. The van der Waals surface area contributed by atoms with Crippen molar-refractivity contribution >= 4 is 0 Å². The second-order valence-corrected chi connectivity index (χ2v) is 4.83. The van der Waals surface area contributed by atoms with Gasteiger partial charge in [-0.25, -0.2) is 0 Å². The summed E-state index contributed by atoms with van der Waals surface area (Å²) in [4.78, 5) is 2.51. The highest BCUT2D eigenvalue weighted by atomic mass is 16.3. The Morgan fingerprint density at radius 2 is 2.38 bits per heavy atom. The molecule has 1 aromatic rings. The number of hydrogen-bond acceptors (Lipinski definition) is 3. The summed E-state index contributed by atoms with van der Waals surface area (Å²) in [6.45, 7) is 7.74. The molecule has 1 N–H and O–H groups in total. The average Bonchev–Trinajstić information content (AvgIpc) is 2.87. The topological polar surface area (TPSA) is 28.4 Å². The second-order valence-electron chi connectivity index (χ2n) is 4.83. The van der Waals surface area contributed by atoms with Gasteiger partial charge in [-0.3, -0.25) is 4.90 Å². The highest BCUT2D eigenvalue weighted by Crippen LogP contribution is 2.27. The first-order valence-electron chi connectivity index (χ1n) is 6.15. The number of aryl methyl sites for hydroxylation is 1. The van der Waals surface area contributed by atoms with Crippen LogP contribution in [0.3, 0.4) is 0 Å². The van der Waals surface area contributed by atoms with Crippen LogP contribution in [0.2, 0.25) is 0 Å². The van der Waals surface area contributed by atoms with E-state index in [2.05, 4.69) is 23.2 Å². The molecule has 0 radical (unpaired) electrons. The van der Waals surface area contributed by atoms with E-state index >= 15 is 0 Å². The Bertz CT molecular complexity index is 334. The van der Waals surface area contributed by atoms with Crippen molar-refractivity contribution in [1.29, 1.82) is 0 Å². The quantitative estimate of drug-likeness (QED) is 0.846. The summed E-state index contributed by atoms with van der Waals surface area (Å²) in [6, 6.07) is 4.56. The molecule has 90 valence electrons. The molecule has 1 aliphatic heterocycles. The maximum atomic E-state index is 5.70. The third-order valence-electron chi connectivity index (χ3n) is 3.53. The Morgan fingerprint density at radius 3 is 3.00 bits per heavy atom. The van der Waals surface area contributed by atoms with E-state index in [0.29, 0.717) is 6.04 Å². The van der Waals surface area contributed by atoms with Crippen LogP contribution >= 0.6 is 0 Å². The van der Waals surface area contributed by atoms with Crippen molar-refractivity contribution in [2.75, 3.05) is 26.7 Å². The molecule has 2 heterocycles. The van der Waals surface area contributed by atoms with Gasteiger partial charge in [-0.2, -0.15) is 0 Å². The third-order valence-corrected chi connectivity index (χ3v) is 3.53. The number of hydrogen-bond donors (Lipinski definition) is 1. The van der Waals surface area contributed by atoms with Gasteiger partial charge in [-0.1, -0.05) is 0 Å². The standard InChI is InChI=1S/C13H22N2O/c1-10-4-5-13(16-10)11(2)15-7-6-12(9-15)8-14-3/h4-5,11-12,14H,6-9H2,1-3H3. The number of likely N-dealkylation sites (tertiary alicyclic amines) is 1. The maximum Gasteiger partial charge on any atom is 0.121 e. The van der Waals surface area contributed by atoms with E-state index in [0.717, 1.165) is 24.0 Å². The molecule has 3 heteroatoms. The molecule has 0 saturated carbocycles. The van der Waals surface area contributed by atoms with E-state index in [9.17, 15) is 0 Å². The summed E-state index contributed by atoms with van der Waals surface area (Å²) in [5.41, 5.74) is 0. The zero-order valence-corrected chi connectivity index (χ0v) is 10.5. The molecule has 1 aliphatic rings. The lowest BCUT2D eigenvalue weighted by molar-refractivity contribution is 0.221. The van der Waals surface area contributed by atoms with Crippen LogP contribution in [0.4, 0.5) is 0 Å². The number of nitrogens with zero attached hydrogens (tertiary/aromatic N) is 1. The molecule has 1 aromatic heterocycles. The highest BCUT2D eigenvalue weighted by Gasteiger charge is 2.27. The number of nitrogens with one attached hydrogen (secondary N) is 1. The fraction of sp³-hybridized carbons (Fsp3) is 0.692. The summed E-state index contributed by atoms with van der Waals surface area (Å²) in [5.74, 6) is 2.90. The van der Waals surface area contributed by atoms with Gasteiger partial charge < -0.3 is 9.73 Å². The van der Waals surface area contributed by atoms with Crippen molar-refractivity contribution in [2.24, 2.45) is 5.92 Å². The van der Waals surface area contributed by atoms with Gasteiger partial charge in [0.2, 0.25) is 0 Å². The van der Waals surface area contributed by atoms with Gasteiger partial charge in [0.1, 0.15) is 11.5 Å². The number of furan rings is 1. The van der Waals surface area contributed by atoms with Crippen LogP contribution < -0.4 is 5.32 Å². The van der Waals surface area contributed by atoms with Gasteiger partial charge in [0, 0.05) is 6.54 Å². The summed E-state index contributed by atoms with van der Waals surface area (Å²) in [6.07, 6.45) is 1.30. The van der Waals surface area contributed by atoms with Crippen LogP contribution in [0.1, 0.15) is 30.9 Å². The molecule has 16 heavy (non-hydrogen) atoms. The van der Waals surface area contributed by atoms with Gasteiger partial charge in [0.15, 0.2) is 0 Å². The summed E-state index contributed by atoms with van der Waals surface area (Å²) in [5, 5.41) is 3.26. The van der Waals surface area contributed by atoms with Crippen LogP contribution in [-0.2, 0) is 0 Å². The summed E-state index contributed by atoms with van der Waals surface area (Å²) < 4.78 is 5.70. The molecule has 0 aromatic carbocycles. The van der Waals surface area contributed by atoms with Gasteiger partial charge in [-0.15, -0.1) is 0 Å². The van der Waals surface area contributed by atoms with Crippen molar-refractivity contribution in [3.05, 3.63) is 23.7 Å².